The molecule has 2 atom stereocenters. The lowest BCUT2D eigenvalue weighted by Gasteiger charge is -2.34. The smallest absolute Gasteiger partial charge is 0.120 e. The van der Waals surface area contributed by atoms with Crippen molar-refractivity contribution in [1.82, 2.24) is 0 Å². The Bertz CT molecular complexity index is 2400. The number of aliphatic hydroxyl groups is 6. The summed E-state index contributed by atoms with van der Waals surface area (Å²) in [5.74, 6) is 1.28. The van der Waals surface area contributed by atoms with Crippen LogP contribution in [0.25, 0.3) is 22.3 Å². The van der Waals surface area contributed by atoms with E-state index in [0.717, 1.165) is 50.1 Å². The highest BCUT2D eigenvalue weighted by Crippen LogP contribution is 2.41. The van der Waals surface area contributed by atoms with E-state index in [-0.39, 0.29) is 32.8 Å². The quantitative estimate of drug-likeness (QED) is 0.0505. The van der Waals surface area contributed by atoms with Crippen molar-refractivity contribution < 1.29 is 40.1 Å². The van der Waals surface area contributed by atoms with Gasteiger partial charge < -0.3 is 40.1 Å². The highest BCUT2D eigenvalue weighted by atomic mass is 16.5. The number of hydrogen-bond donors (Lipinski definition) is 6. The Morgan fingerprint density at radius 2 is 1.18 bits per heavy atom. The highest BCUT2D eigenvalue weighted by Gasteiger charge is 2.38. The summed E-state index contributed by atoms with van der Waals surface area (Å²) in [5.41, 5.74) is 8.95. The molecule has 314 valence electrons. The average molecular weight is 811 g/mol. The zero-order valence-corrected chi connectivity index (χ0v) is 35.3. The van der Waals surface area contributed by atoms with Gasteiger partial charge in [-0.15, -0.1) is 0 Å². The van der Waals surface area contributed by atoms with E-state index in [0.29, 0.717) is 58.8 Å². The van der Waals surface area contributed by atoms with Crippen LogP contribution in [0.15, 0.2) is 121 Å². The van der Waals surface area contributed by atoms with Gasteiger partial charge in [0.25, 0.3) is 0 Å². The Balaban J connectivity index is 1.15. The standard InChI is InChI=1S/C52H58O8/c1-6-51(57,7-2)49-22-17-39(23-35(49)5)38-12-10-14-45(27-38)59-33-37-15-20-48(43(26-37)31-55)50(56)52(58,8-3)44-18-21-47(34(4)24-44)40-13-9-11-36(25-40)32-60-46-19-16-41(29-53)42(28-46)30-54/h9-28,50,53-58H,6-8,29-33H2,1-5H3. The molecule has 0 bridgehead atoms. The van der Waals surface area contributed by atoms with Crippen LogP contribution < -0.4 is 9.47 Å². The lowest BCUT2D eigenvalue weighted by atomic mass is 9.79. The molecule has 6 aromatic rings. The predicted molar refractivity (Wildman–Crippen MR) is 236 cm³/mol. The number of aliphatic hydroxyl groups excluding tert-OH is 4. The van der Waals surface area contributed by atoms with Crippen LogP contribution in [0, 0.1) is 13.8 Å². The maximum atomic E-state index is 12.1. The molecule has 8 nitrogen and oxygen atoms in total. The van der Waals surface area contributed by atoms with E-state index >= 15 is 0 Å². The van der Waals surface area contributed by atoms with Gasteiger partial charge in [0, 0.05) is 0 Å². The molecule has 0 aliphatic carbocycles. The first kappa shape index (κ1) is 44.2. The van der Waals surface area contributed by atoms with Crippen molar-refractivity contribution in [3.05, 3.63) is 177 Å². The second-order valence-corrected chi connectivity index (χ2v) is 15.7. The summed E-state index contributed by atoms with van der Waals surface area (Å²) in [6.45, 7) is 9.72. The van der Waals surface area contributed by atoms with Crippen LogP contribution in [0.2, 0.25) is 0 Å². The topological polar surface area (TPSA) is 140 Å². The Morgan fingerprint density at radius 1 is 0.533 bits per heavy atom. The van der Waals surface area contributed by atoms with Crippen LogP contribution >= 0.6 is 0 Å². The summed E-state index contributed by atoms with van der Waals surface area (Å²) in [7, 11) is 0. The summed E-state index contributed by atoms with van der Waals surface area (Å²) < 4.78 is 12.2. The minimum atomic E-state index is -1.64. The zero-order chi connectivity index (χ0) is 43.0. The van der Waals surface area contributed by atoms with Crippen molar-refractivity contribution in [3.8, 4) is 33.8 Å². The van der Waals surface area contributed by atoms with Gasteiger partial charge in [-0.05, 0) is 147 Å². The first-order chi connectivity index (χ1) is 28.9. The van der Waals surface area contributed by atoms with Crippen LogP contribution in [0.1, 0.15) is 102 Å². The molecular formula is C52H58O8. The van der Waals surface area contributed by atoms with Gasteiger partial charge in [0.15, 0.2) is 0 Å². The van der Waals surface area contributed by atoms with Crippen molar-refractivity contribution in [1.29, 1.82) is 0 Å². The van der Waals surface area contributed by atoms with E-state index < -0.39 is 17.3 Å². The highest BCUT2D eigenvalue weighted by molar-refractivity contribution is 5.69. The second-order valence-electron chi connectivity index (χ2n) is 15.7. The van der Waals surface area contributed by atoms with Crippen LogP contribution in [0.3, 0.4) is 0 Å². The van der Waals surface area contributed by atoms with E-state index in [1.54, 1.807) is 24.3 Å². The molecular weight excluding hydrogens is 753 g/mol. The fourth-order valence-electron chi connectivity index (χ4n) is 8.14. The van der Waals surface area contributed by atoms with Gasteiger partial charge in [-0.25, -0.2) is 0 Å². The number of ether oxygens (including phenoxy) is 2. The normalized spacial score (nSPS) is 13.2. The fraction of sp³-hybridized carbons (Fsp3) is 0.308. The van der Waals surface area contributed by atoms with Crippen molar-refractivity contribution in [2.75, 3.05) is 0 Å². The van der Waals surface area contributed by atoms with Gasteiger partial charge >= 0.3 is 0 Å². The van der Waals surface area contributed by atoms with Crippen molar-refractivity contribution in [2.45, 2.75) is 104 Å². The molecule has 6 N–H and O–H groups in total. The molecule has 6 aromatic carbocycles. The molecule has 0 saturated carbocycles. The molecule has 0 radical (unpaired) electrons. The third-order valence-electron chi connectivity index (χ3n) is 12.0. The zero-order valence-electron chi connectivity index (χ0n) is 35.3. The molecule has 0 aromatic heterocycles. The van der Waals surface area contributed by atoms with Crippen LogP contribution in [0.4, 0.5) is 0 Å². The van der Waals surface area contributed by atoms with Gasteiger partial charge in [-0.1, -0.05) is 106 Å². The predicted octanol–water partition coefficient (Wildman–Crippen LogP) is 9.61. The van der Waals surface area contributed by atoms with Gasteiger partial charge in [0.05, 0.1) is 25.4 Å². The largest absolute Gasteiger partial charge is 0.489 e. The van der Waals surface area contributed by atoms with Gasteiger partial charge in [-0.3, -0.25) is 0 Å². The number of rotatable bonds is 18. The molecule has 0 amide bonds. The minimum absolute atomic E-state index is 0.154. The van der Waals surface area contributed by atoms with Gasteiger partial charge in [0.2, 0.25) is 0 Å². The number of aryl methyl sites for hydroxylation is 2. The molecule has 6 rings (SSSR count). The van der Waals surface area contributed by atoms with Crippen LogP contribution in [-0.2, 0) is 44.2 Å². The Labute approximate surface area is 354 Å². The monoisotopic (exact) mass is 810 g/mol. The molecule has 0 aliphatic rings. The molecule has 0 heterocycles. The van der Waals surface area contributed by atoms with Crippen molar-refractivity contribution in [3.63, 3.8) is 0 Å². The Hall–Kier alpha value is -5.32. The Morgan fingerprint density at radius 3 is 1.83 bits per heavy atom. The summed E-state index contributed by atoms with van der Waals surface area (Å²) in [6, 6.07) is 38.4. The lowest BCUT2D eigenvalue weighted by molar-refractivity contribution is -0.0864. The lowest BCUT2D eigenvalue weighted by Crippen LogP contribution is -2.33. The fourth-order valence-corrected chi connectivity index (χ4v) is 8.14. The average Bonchev–Trinajstić information content (AvgIpc) is 3.29. The molecule has 0 saturated heterocycles. The maximum absolute atomic E-state index is 12.1. The molecule has 0 aliphatic heterocycles. The first-order valence-electron chi connectivity index (χ1n) is 20.8. The third-order valence-corrected chi connectivity index (χ3v) is 12.0. The molecule has 0 spiro atoms. The SMILES string of the molecule is CCC(O)(CC)c1ccc(-c2cccc(OCc3ccc(C(O)C(O)(CC)c4ccc(-c5cccc(COc6ccc(CO)c(CO)c6)c5)c(C)c4)c(CO)c3)c2)cc1C. The van der Waals surface area contributed by atoms with Crippen LogP contribution in [0.5, 0.6) is 11.5 Å². The molecule has 0 fully saturated rings. The first-order valence-corrected chi connectivity index (χ1v) is 20.8. The van der Waals surface area contributed by atoms with E-state index in [9.17, 15) is 30.6 Å². The van der Waals surface area contributed by atoms with E-state index in [1.165, 1.54) is 0 Å². The van der Waals surface area contributed by atoms with E-state index in [2.05, 4.69) is 6.07 Å². The number of benzene rings is 6. The molecule has 2 unspecified atom stereocenters. The number of hydrogen-bond acceptors (Lipinski definition) is 8. The summed E-state index contributed by atoms with van der Waals surface area (Å²) in [5, 5.41) is 64.7. The minimum Gasteiger partial charge on any atom is -0.489 e. The van der Waals surface area contributed by atoms with Crippen molar-refractivity contribution >= 4 is 0 Å². The van der Waals surface area contributed by atoms with Crippen molar-refractivity contribution in [2.24, 2.45) is 0 Å². The molecule has 8 heteroatoms. The summed E-state index contributed by atoms with van der Waals surface area (Å²) in [6.07, 6.45) is 0.198. The van der Waals surface area contributed by atoms with E-state index in [4.69, 9.17) is 9.47 Å². The summed E-state index contributed by atoms with van der Waals surface area (Å²) in [4.78, 5) is 0. The third kappa shape index (κ3) is 9.50. The van der Waals surface area contributed by atoms with Gasteiger partial charge in [-0.2, -0.15) is 0 Å². The Kier molecular flexibility index (Phi) is 14.3. The maximum Gasteiger partial charge on any atom is 0.120 e. The summed E-state index contributed by atoms with van der Waals surface area (Å²) >= 11 is 0. The second kappa shape index (κ2) is 19.4. The molecule has 60 heavy (non-hydrogen) atoms. The van der Waals surface area contributed by atoms with Crippen LogP contribution in [-0.4, -0.2) is 30.6 Å². The van der Waals surface area contributed by atoms with Gasteiger partial charge in [0.1, 0.15) is 36.4 Å². The van der Waals surface area contributed by atoms with E-state index in [1.807, 2.05) is 126 Å².